The molecule has 6 heteroatoms. The molecule has 1 amide bonds. The first-order valence-corrected chi connectivity index (χ1v) is 9.39. The Morgan fingerprint density at radius 1 is 1.08 bits per heavy atom. The van der Waals surface area contributed by atoms with Crippen molar-refractivity contribution >= 4 is 27.5 Å². The van der Waals surface area contributed by atoms with Crippen molar-refractivity contribution in [2.24, 2.45) is 0 Å². The van der Waals surface area contributed by atoms with Crippen LogP contribution in [-0.2, 0) is 4.74 Å². The molecule has 0 radical (unpaired) electrons. The van der Waals surface area contributed by atoms with E-state index in [1.54, 1.807) is 19.2 Å². The first-order chi connectivity index (χ1) is 12.6. The van der Waals surface area contributed by atoms with Gasteiger partial charge in [0.15, 0.2) is 0 Å². The molecule has 0 spiro atoms. The number of methoxy groups -OCH3 is 1. The Kier molecular flexibility index (Phi) is 8.44. The van der Waals surface area contributed by atoms with Gasteiger partial charge in [-0.3, -0.25) is 4.79 Å². The minimum absolute atomic E-state index is 0.246. The normalized spacial score (nSPS) is 10.4. The lowest BCUT2D eigenvalue weighted by Crippen LogP contribution is -2.15. The summed E-state index contributed by atoms with van der Waals surface area (Å²) in [5, 5.41) is 2.90. The zero-order chi connectivity index (χ0) is 18.8. The van der Waals surface area contributed by atoms with Gasteiger partial charge in [0.05, 0.1) is 18.8 Å². The molecule has 0 unspecified atom stereocenters. The van der Waals surface area contributed by atoms with E-state index in [9.17, 15) is 4.79 Å². The van der Waals surface area contributed by atoms with Gasteiger partial charge >= 0.3 is 0 Å². The van der Waals surface area contributed by atoms with Gasteiger partial charge in [0, 0.05) is 23.3 Å². The van der Waals surface area contributed by atoms with Crippen LogP contribution in [0.3, 0.4) is 0 Å². The van der Waals surface area contributed by atoms with Crippen LogP contribution < -0.4 is 14.8 Å². The van der Waals surface area contributed by atoms with E-state index in [0.717, 1.165) is 23.1 Å². The fraction of sp³-hybridized carbons (Fsp3) is 0.350. The molecule has 0 bridgehead atoms. The maximum atomic E-state index is 12.7. The molecule has 2 aromatic carbocycles. The summed E-state index contributed by atoms with van der Waals surface area (Å²) in [4.78, 5) is 12.7. The Bertz CT molecular complexity index is 721. The van der Waals surface area contributed by atoms with E-state index < -0.39 is 0 Å². The number of hydrogen-bond donors (Lipinski definition) is 1. The molecule has 0 aliphatic heterocycles. The number of carbonyl (C=O) groups excluding carboxylic acids is 1. The van der Waals surface area contributed by atoms with Crippen LogP contribution >= 0.6 is 15.9 Å². The summed E-state index contributed by atoms with van der Waals surface area (Å²) in [5.41, 5.74) is 1.12. The SMILES string of the molecule is CCCCOc1cccc(NC(=O)c2cc(Br)ccc2OCCOC)c1. The van der Waals surface area contributed by atoms with Crippen molar-refractivity contribution in [2.45, 2.75) is 19.8 Å². The molecule has 2 aromatic rings. The zero-order valence-electron chi connectivity index (χ0n) is 15.1. The lowest BCUT2D eigenvalue weighted by Gasteiger charge is -2.13. The van der Waals surface area contributed by atoms with Gasteiger partial charge in [0.1, 0.15) is 18.1 Å². The summed E-state index contributed by atoms with van der Waals surface area (Å²) in [6.45, 7) is 3.61. The van der Waals surface area contributed by atoms with Gasteiger partial charge in [0.25, 0.3) is 5.91 Å². The molecule has 0 heterocycles. The van der Waals surface area contributed by atoms with E-state index in [1.165, 1.54) is 0 Å². The smallest absolute Gasteiger partial charge is 0.259 e. The molecular formula is C20H24BrNO4. The average Bonchev–Trinajstić information content (AvgIpc) is 2.63. The number of rotatable bonds is 10. The molecule has 1 N–H and O–H groups in total. The molecule has 0 aliphatic rings. The van der Waals surface area contributed by atoms with Crippen LogP contribution in [0.5, 0.6) is 11.5 Å². The van der Waals surface area contributed by atoms with Crippen LogP contribution in [-0.4, -0.2) is 32.8 Å². The number of halogens is 1. The van der Waals surface area contributed by atoms with Crippen LogP contribution in [0.2, 0.25) is 0 Å². The van der Waals surface area contributed by atoms with Crippen molar-refractivity contribution < 1.29 is 19.0 Å². The highest BCUT2D eigenvalue weighted by atomic mass is 79.9. The summed E-state index contributed by atoms with van der Waals surface area (Å²) in [5.74, 6) is 1.00. The van der Waals surface area contributed by atoms with Crippen molar-refractivity contribution in [1.29, 1.82) is 0 Å². The number of nitrogens with one attached hydrogen (secondary N) is 1. The molecule has 0 fully saturated rings. The van der Waals surface area contributed by atoms with Crippen LogP contribution in [0.4, 0.5) is 5.69 Å². The molecular weight excluding hydrogens is 398 g/mol. The lowest BCUT2D eigenvalue weighted by molar-refractivity contribution is 0.101. The predicted octanol–water partition coefficient (Wildman–Crippen LogP) is 4.91. The zero-order valence-corrected chi connectivity index (χ0v) is 16.7. The van der Waals surface area contributed by atoms with Crippen molar-refractivity contribution in [3.05, 3.63) is 52.5 Å². The van der Waals surface area contributed by atoms with Crippen molar-refractivity contribution in [3.8, 4) is 11.5 Å². The van der Waals surface area contributed by atoms with Crippen LogP contribution in [0.1, 0.15) is 30.1 Å². The number of amides is 1. The third-order valence-electron chi connectivity index (χ3n) is 3.59. The number of carbonyl (C=O) groups is 1. The van der Waals surface area contributed by atoms with Crippen molar-refractivity contribution in [2.75, 3.05) is 32.2 Å². The topological polar surface area (TPSA) is 56.8 Å². The molecule has 0 atom stereocenters. The average molecular weight is 422 g/mol. The monoisotopic (exact) mass is 421 g/mol. The minimum Gasteiger partial charge on any atom is -0.494 e. The Balaban J connectivity index is 2.09. The van der Waals surface area contributed by atoms with Gasteiger partial charge in [-0.15, -0.1) is 0 Å². The molecule has 5 nitrogen and oxygen atoms in total. The summed E-state index contributed by atoms with van der Waals surface area (Å²) in [6, 6.07) is 12.7. The Morgan fingerprint density at radius 2 is 1.92 bits per heavy atom. The van der Waals surface area contributed by atoms with E-state index in [2.05, 4.69) is 28.2 Å². The number of ether oxygens (including phenoxy) is 3. The van der Waals surface area contributed by atoms with Gasteiger partial charge in [-0.2, -0.15) is 0 Å². The molecule has 26 heavy (non-hydrogen) atoms. The van der Waals surface area contributed by atoms with Gasteiger partial charge in [0.2, 0.25) is 0 Å². The highest BCUT2D eigenvalue weighted by Gasteiger charge is 2.14. The maximum absolute atomic E-state index is 12.7. The van der Waals surface area contributed by atoms with Gasteiger partial charge in [-0.1, -0.05) is 35.3 Å². The number of hydrogen-bond acceptors (Lipinski definition) is 4. The molecule has 140 valence electrons. The van der Waals surface area contributed by atoms with Crippen molar-refractivity contribution in [3.63, 3.8) is 0 Å². The fourth-order valence-corrected chi connectivity index (χ4v) is 2.60. The van der Waals surface area contributed by atoms with E-state index >= 15 is 0 Å². The second kappa shape index (κ2) is 10.8. The Hall–Kier alpha value is -2.05. The molecule has 0 aliphatic carbocycles. The van der Waals surface area contributed by atoms with Gasteiger partial charge in [-0.05, 0) is 36.8 Å². The number of benzene rings is 2. The molecule has 0 saturated heterocycles. The molecule has 0 aromatic heterocycles. The van der Waals surface area contributed by atoms with Crippen molar-refractivity contribution in [1.82, 2.24) is 0 Å². The van der Waals surface area contributed by atoms with Gasteiger partial charge < -0.3 is 19.5 Å². The molecule has 2 rings (SSSR count). The third kappa shape index (κ3) is 6.35. The quantitative estimate of drug-likeness (QED) is 0.553. The Labute approximate surface area is 162 Å². The Morgan fingerprint density at radius 3 is 2.69 bits per heavy atom. The second-order valence-corrected chi connectivity index (χ2v) is 6.58. The highest BCUT2D eigenvalue weighted by molar-refractivity contribution is 9.10. The summed E-state index contributed by atoms with van der Waals surface area (Å²) < 4.78 is 17.1. The third-order valence-corrected chi connectivity index (χ3v) is 4.08. The van der Waals surface area contributed by atoms with Crippen LogP contribution in [0.15, 0.2) is 46.9 Å². The predicted molar refractivity (Wildman–Crippen MR) is 106 cm³/mol. The summed E-state index contributed by atoms with van der Waals surface area (Å²) in [7, 11) is 1.61. The van der Waals surface area contributed by atoms with E-state index in [0.29, 0.717) is 36.8 Å². The summed E-state index contributed by atoms with van der Waals surface area (Å²) in [6.07, 6.45) is 2.07. The minimum atomic E-state index is -0.246. The van der Waals surface area contributed by atoms with E-state index in [4.69, 9.17) is 14.2 Å². The first-order valence-electron chi connectivity index (χ1n) is 8.59. The first kappa shape index (κ1) is 20.3. The van der Waals surface area contributed by atoms with Crippen LogP contribution in [0, 0.1) is 0 Å². The largest absolute Gasteiger partial charge is 0.494 e. The second-order valence-electron chi connectivity index (χ2n) is 5.67. The maximum Gasteiger partial charge on any atom is 0.259 e. The van der Waals surface area contributed by atoms with Crippen LogP contribution in [0.25, 0.3) is 0 Å². The highest BCUT2D eigenvalue weighted by Crippen LogP contribution is 2.25. The van der Waals surface area contributed by atoms with Gasteiger partial charge in [-0.25, -0.2) is 0 Å². The van der Waals surface area contributed by atoms with E-state index in [1.807, 2.05) is 30.3 Å². The fourth-order valence-electron chi connectivity index (χ4n) is 2.24. The molecule has 0 saturated carbocycles. The number of unbranched alkanes of at least 4 members (excludes halogenated alkanes) is 1. The number of anilines is 1. The standard InChI is InChI=1S/C20H24BrNO4/c1-3-4-10-25-17-7-5-6-16(14-17)22-20(23)18-13-15(21)8-9-19(18)26-12-11-24-2/h5-9,13-14H,3-4,10-12H2,1-2H3,(H,22,23). The van der Waals surface area contributed by atoms with E-state index in [-0.39, 0.29) is 5.91 Å². The summed E-state index contributed by atoms with van der Waals surface area (Å²) >= 11 is 3.40. The lowest BCUT2D eigenvalue weighted by atomic mass is 10.2.